The standard InChI is InChI=1S/C24H25N3O5/c1-13-18-11-17(10-16-3-2-7-27(21(16)18)24(13)31)26-23(30)22(29)25-12-19(28)14-4-5-20-15(9-14)6-8-32-20/h4-5,9-11,13,19,28H,2-3,6-8,12H2,1H3,(H,25,29)(H,26,30)/t13-,19-/m1/s1. The molecule has 3 amide bonds. The van der Waals surface area contributed by atoms with Crippen molar-refractivity contribution in [1.29, 1.82) is 0 Å². The van der Waals surface area contributed by atoms with Gasteiger partial charge in [-0.3, -0.25) is 14.4 Å². The van der Waals surface area contributed by atoms with Crippen molar-refractivity contribution in [2.75, 3.05) is 29.9 Å². The van der Waals surface area contributed by atoms with Gasteiger partial charge in [-0.25, -0.2) is 0 Å². The Labute approximate surface area is 185 Å². The fraction of sp³-hybridized carbons (Fsp3) is 0.375. The number of amides is 3. The zero-order valence-corrected chi connectivity index (χ0v) is 17.8. The fourth-order valence-electron chi connectivity index (χ4n) is 4.76. The van der Waals surface area contributed by atoms with Gasteiger partial charge in [-0.05, 0) is 66.3 Å². The number of carbonyl (C=O) groups excluding carboxylic acids is 3. The van der Waals surface area contributed by atoms with Crippen LogP contribution in [0.15, 0.2) is 30.3 Å². The van der Waals surface area contributed by atoms with Gasteiger partial charge in [-0.1, -0.05) is 6.07 Å². The summed E-state index contributed by atoms with van der Waals surface area (Å²) in [6, 6.07) is 9.04. The Morgan fingerprint density at radius 3 is 2.88 bits per heavy atom. The Morgan fingerprint density at radius 2 is 2.03 bits per heavy atom. The van der Waals surface area contributed by atoms with Crippen LogP contribution in [0.25, 0.3) is 0 Å². The highest BCUT2D eigenvalue weighted by atomic mass is 16.5. The van der Waals surface area contributed by atoms with Crippen LogP contribution in [0, 0.1) is 0 Å². The molecule has 0 saturated heterocycles. The summed E-state index contributed by atoms with van der Waals surface area (Å²) in [6.45, 7) is 3.13. The Kier molecular flexibility index (Phi) is 5.09. The van der Waals surface area contributed by atoms with Gasteiger partial charge in [0, 0.05) is 25.2 Å². The highest BCUT2D eigenvalue weighted by Gasteiger charge is 2.38. The highest BCUT2D eigenvalue weighted by molar-refractivity contribution is 6.39. The van der Waals surface area contributed by atoms with E-state index in [0.29, 0.717) is 17.9 Å². The van der Waals surface area contributed by atoms with E-state index in [0.717, 1.165) is 53.9 Å². The Morgan fingerprint density at radius 1 is 1.19 bits per heavy atom. The average molecular weight is 435 g/mol. The van der Waals surface area contributed by atoms with Crippen molar-refractivity contribution in [2.45, 2.75) is 38.2 Å². The van der Waals surface area contributed by atoms with Crippen molar-refractivity contribution in [1.82, 2.24) is 5.32 Å². The molecule has 0 aromatic heterocycles. The van der Waals surface area contributed by atoms with Crippen LogP contribution in [-0.2, 0) is 27.2 Å². The predicted molar refractivity (Wildman–Crippen MR) is 118 cm³/mol. The van der Waals surface area contributed by atoms with Crippen molar-refractivity contribution in [2.24, 2.45) is 0 Å². The molecule has 0 fully saturated rings. The van der Waals surface area contributed by atoms with Crippen LogP contribution in [0.1, 0.15) is 47.6 Å². The number of hydrogen-bond acceptors (Lipinski definition) is 5. The number of hydrogen-bond donors (Lipinski definition) is 3. The molecular formula is C24H25N3O5. The minimum atomic E-state index is -0.931. The van der Waals surface area contributed by atoms with E-state index in [-0.39, 0.29) is 18.4 Å². The molecule has 3 N–H and O–H groups in total. The largest absolute Gasteiger partial charge is 0.493 e. The molecule has 2 aromatic carbocycles. The van der Waals surface area contributed by atoms with Gasteiger partial charge in [0.2, 0.25) is 5.91 Å². The van der Waals surface area contributed by atoms with Gasteiger partial charge < -0.3 is 25.4 Å². The average Bonchev–Trinajstić information content (AvgIpc) is 3.36. The maximum Gasteiger partial charge on any atom is 0.313 e. The summed E-state index contributed by atoms with van der Waals surface area (Å²) < 4.78 is 5.46. The summed E-state index contributed by atoms with van der Waals surface area (Å²) >= 11 is 0. The molecule has 3 aliphatic rings. The minimum Gasteiger partial charge on any atom is -0.493 e. The van der Waals surface area contributed by atoms with E-state index in [1.807, 2.05) is 30.0 Å². The number of fused-ring (bicyclic) bond motifs is 1. The van der Waals surface area contributed by atoms with Gasteiger partial charge in [0.05, 0.1) is 24.3 Å². The molecule has 2 aromatic rings. The molecule has 8 nitrogen and oxygen atoms in total. The number of aryl methyl sites for hydroxylation is 1. The van der Waals surface area contributed by atoms with Gasteiger partial charge in [-0.2, -0.15) is 0 Å². The Hall–Kier alpha value is -3.39. The Bertz CT molecular complexity index is 1130. The van der Waals surface area contributed by atoms with Crippen molar-refractivity contribution in [3.63, 3.8) is 0 Å². The predicted octanol–water partition coefficient (Wildman–Crippen LogP) is 1.81. The summed E-state index contributed by atoms with van der Waals surface area (Å²) in [6.07, 6.45) is 1.55. The summed E-state index contributed by atoms with van der Waals surface area (Å²) in [5.41, 5.74) is 5.05. The normalized spacial score (nSPS) is 19.1. The van der Waals surface area contributed by atoms with Crippen molar-refractivity contribution < 1.29 is 24.2 Å². The molecule has 8 heteroatoms. The van der Waals surface area contributed by atoms with Gasteiger partial charge >= 0.3 is 11.8 Å². The summed E-state index contributed by atoms with van der Waals surface area (Å²) in [7, 11) is 0. The molecule has 0 saturated carbocycles. The zero-order chi connectivity index (χ0) is 22.4. The van der Waals surface area contributed by atoms with E-state index < -0.39 is 17.9 Å². The van der Waals surface area contributed by atoms with E-state index in [1.165, 1.54) is 0 Å². The lowest BCUT2D eigenvalue weighted by Crippen LogP contribution is -2.37. The van der Waals surface area contributed by atoms with Gasteiger partial charge in [-0.15, -0.1) is 0 Å². The van der Waals surface area contributed by atoms with Crippen LogP contribution in [0.4, 0.5) is 11.4 Å². The third-order valence-electron chi connectivity index (χ3n) is 6.44. The van der Waals surface area contributed by atoms with Crippen LogP contribution >= 0.6 is 0 Å². The van der Waals surface area contributed by atoms with E-state index >= 15 is 0 Å². The lowest BCUT2D eigenvalue weighted by molar-refractivity contribution is -0.136. The minimum absolute atomic E-state index is 0.0780. The second-order valence-corrected chi connectivity index (χ2v) is 8.53. The Balaban J connectivity index is 1.23. The molecule has 0 aliphatic carbocycles. The topological polar surface area (TPSA) is 108 Å². The number of aliphatic hydroxyl groups excluding tert-OH is 1. The summed E-state index contributed by atoms with van der Waals surface area (Å²) in [5, 5.41) is 15.5. The maximum absolute atomic E-state index is 12.5. The number of rotatable bonds is 4. The van der Waals surface area contributed by atoms with E-state index in [9.17, 15) is 19.5 Å². The maximum atomic E-state index is 12.5. The first kappa shape index (κ1) is 20.5. The molecule has 2 atom stereocenters. The number of nitrogens with one attached hydrogen (secondary N) is 2. The van der Waals surface area contributed by atoms with E-state index in [1.54, 1.807) is 12.1 Å². The number of aliphatic hydroxyl groups is 1. The first-order chi connectivity index (χ1) is 15.4. The number of benzene rings is 2. The van der Waals surface area contributed by atoms with Crippen LogP contribution < -0.4 is 20.3 Å². The SMILES string of the molecule is C[C@H]1C(=O)N2CCCc3cc(NC(=O)C(=O)NC[C@@H](O)c4ccc5c(c4)CCO5)cc1c32. The summed E-state index contributed by atoms with van der Waals surface area (Å²) in [5.74, 6) is -1.00. The number of nitrogens with zero attached hydrogens (tertiary/aromatic N) is 1. The molecule has 0 unspecified atom stereocenters. The molecule has 0 bridgehead atoms. The van der Waals surface area contributed by atoms with Crippen LogP contribution in [0.5, 0.6) is 5.75 Å². The second kappa shape index (κ2) is 7.94. The lowest BCUT2D eigenvalue weighted by Gasteiger charge is -2.26. The van der Waals surface area contributed by atoms with E-state index in [4.69, 9.17) is 4.74 Å². The monoisotopic (exact) mass is 435 g/mol. The molecule has 0 spiro atoms. The second-order valence-electron chi connectivity index (χ2n) is 8.53. The van der Waals surface area contributed by atoms with Crippen LogP contribution in [0.3, 0.4) is 0 Å². The van der Waals surface area contributed by atoms with Gasteiger partial charge in [0.15, 0.2) is 0 Å². The number of carbonyl (C=O) groups is 3. The number of anilines is 2. The molecular weight excluding hydrogens is 410 g/mol. The lowest BCUT2D eigenvalue weighted by atomic mass is 9.96. The first-order valence-corrected chi connectivity index (χ1v) is 10.9. The number of ether oxygens (including phenoxy) is 1. The summed E-state index contributed by atoms with van der Waals surface area (Å²) in [4.78, 5) is 39.1. The smallest absolute Gasteiger partial charge is 0.313 e. The van der Waals surface area contributed by atoms with Crippen LogP contribution in [-0.4, -0.2) is 42.5 Å². The van der Waals surface area contributed by atoms with Crippen molar-refractivity contribution >= 4 is 29.1 Å². The zero-order valence-electron chi connectivity index (χ0n) is 17.8. The third kappa shape index (κ3) is 3.50. The molecule has 3 heterocycles. The van der Waals surface area contributed by atoms with Gasteiger partial charge in [0.1, 0.15) is 5.75 Å². The molecule has 166 valence electrons. The van der Waals surface area contributed by atoms with Crippen LogP contribution in [0.2, 0.25) is 0 Å². The quantitative estimate of drug-likeness (QED) is 0.635. The highest BCUT2D eigenvalue weighted by Crippen LogP contribution is 2.44. The van der Waals surface area contributed by atoms with Crippen molar-refractivity contribution in [3.8, 4) is 5.75 Å². The van der Waals surface area contributed by atoms with Crippen molar-refractivity contribution in [3.05, 3.63) is 52.6 Å². The first-order valence-electron chi connectivity index (χ1n) is 10.9. The molecule has 0 radical (unpaired) electrons. The molecule has 5 rings (SSSR count). The molecule has 3 aliphatic heterocycles. The van der Waals surface area contributed by atoms with Gasteiger partial charge in [0.25, 0.3) is 0 Å². The molecule has 32 heavy (non-hydrogen) atoms. The fourth-order valence-corrected chi connectivity index (χ4v) is 4.76. The third-order valence-corrected chi connectivity index (χ3v) is 6.44. The van der Waals surface area contributed by atoms with E-state index in [2.05, 4.69) is 10.6 Å².